The minimum atomic E-state index is -4.21. The first-order valence-corrected chi connectivity index (χ1v) is 13.5. The van der Waals surface area contributed by atoms with Crippen LogP contribution in [0.25, 0.3) is 10.9 Å². The summed E-state index contributed by atoms with van der Waals surface area (Å²) >= 11 is 6.07. The number of amides is 1. The molecule has 0 aliphatic carbocycles. The van der Waals surface area contributed by atoms with Gasteiger partial charge in [-0.3, -0.25) is 15.1 Å². The molecular weight excluding hydrogens is 532 g/mol. The van der Waals surface area contributed by atoms with Gasteiger partial charge in [0, 0.05) is 41.6 Å². The number of piperazine rings is 1. The Morgan fingerprint density at radius 3 is 2.66 bits per heavy atom. The number of carbonyl (C=O) groups excluding carboxylic acids is 1. The Hall–Kier alpha value is -3.92. The molecule has 4 rings (SSSR count). The van der Waals surface area contributed by atoms with Crippen molar-refractivity contribution in [1.29, 1.82) is 10.7 Å². The molecule has 0 spiro atoms. The van der Waals surface area contributed by atoms with Gasteiger partial charge in [-0.15, -0.1) is 0 Å². The first kappa shape index (κ1) is 27.1. The number of amidine groups is 1. The molecule has 2 atom stereocenters. The molecule has 0 bridgehead atoms. The van der Waals surface area contributed by atoms with Gasteiger partial charge in [0.1, 0.15) is 22.3 Å². The number of rotatable bonds is 8. The minimum absolute atomic E-state index is 0.106. The topological polar surface area (TPSA) is 170 Å². The number of aliphatic carboxylic acids is 1. The summed E-state index contributed by atoms with van der Waals surface area (Å²) in [6.45, 7) is -0.197. The molecule has 1 saturated heterocycles. The second-order valence-electron chi connectivity index (χ2n) is 8.95. The SMILES string of the molecule is CN(CCC#N)C(=N)c1ccc(C(N2CC(=O)N[C@@H](C(=O)O)C2)S(=O)(=O)c2cc3cc(Cl)ccc3[nH]2)cc1. The number of hydrogen-bond donors (Lipinski definition) is 4. The van der Waals surface area contributed by atoms with E-state index >= 15 is 0 Å². The number of H-pyrrole nitrogens is 1. The van der Waals surface area contributed by atoms with Crippen molar-refractivity contribution in [2.45, 2.75) is 22.9 Å². The highest BCUT2D eigenvalue weighted by Gasteiger charge is 2.41. The molecule has 3 aromatic rings. The zero-order valence-electron chi connectivity index (χ0n) is 20.3. The number of nitrogens with zero attached hydrogens (tertiary/aromatic N) is 3. The minimum Gasteiger partial charge on any atom is -0.480 e. The highest BCUT2D eigenvalue weighted by molar-refractivity contribution is 7.91. The Balaban J connectivity index is 1.76. The van der Waals surface area contributed by atoms with Crippen LogP contribution >= 0.6 is 11.6 Å². The Kier molecular flexibility index (Phi) is 7.73. The van der Waals surface area contributed by atoms with Crippen molar-refractivity contribution >= 4 is 50.1 Å². The molecule has 0 saturated carbocycles. The summed E-state index contributed by atoms with van der Waals surface area (Å²) in [6.07, 6.45) is 0.245. The van der Waals surface area contributed by atoms with Crippen LogP contribution in [-0.4, -0.2) is 78.7 Å². The van der Waals surface area contributed by atoms with Crippen LogP contribution in [0.3, 0.4) is 0 Å². The number of nitrogens with one attached hydrogen (secondary N) is 3. The second kappa shape index (κ2) is 10.8. The fourth-order valence-corrected chi connectivity index (χ4v) is 6.41. The lowest BCUT2D eigenvalue weighted by molar-refractivity contribution is -0.145. The fraction of sp³-hybridized carbons (Fsp3) is 0.280. The second-order valence-corrected chi connectivity index (χ2v) is 11.4. The zero-order chi connectivity index (χ0) is 27.6. The normalized spacial score (nSPS) is 17.0. The van der Waals surface area contributed by atoms with Crippen molar-refractivity contribution < 1.29 is 23.1 Å². The molecule has 0 radical (unpaired) electrons. The molecule has 11 nitrogen and oxygen atoms in total. The van der Waals surface area contributed by atoms with E-state index in [1.807, 2.05) is 6.07 Å². The lowest BCUT2D eigenvalue weighted by atomic mass is 10.1. The van der Waals surface area contributed by atoms with Gasteiger partial charge >= 0.3 is 5.97 Å². The van der Waals surface area contributed by atoms with Crippen LogP contribution < -0.4 is 5.32 Å². The standard InChI is InChI=1S/C25H25ClN6O5S/c1-31(10-2-9-27)23(28)15-3-5-16(6-4-15)24(32-13-20(25(34)35)29-21(33)14-32)38(36,37)22-12-17-11-18(26)7-8-19(17)30-22/h3-8,11-12,20,24,28,30H,2,10,13-14H2,1H3,(H,29,33)(H,34,35)/t20-,24?/m1/s1. The van der Waals surface area contributed by atoms with E-state index in [1.54, 1.807) is 54.4 Å². The molecule has 13 heteroatoms. The molecular formula is C25H25ClN6O5S. The van der Waals surface area contributed by atoms with E-state index in [1.165, 1.54) is 11.0 Å². The number of benzene rings is 2. The van der Waals surface area contributed by atoms with Crippen molar-refractivity contribution in [3.8, 4) is 6.07 Å². The van der Waals surface area contributed by atoms with Gasteiger partial charge in [-0.2, -0.15) is 5.26 Å². The predicted molar refractivity (Wildman–Crippen MR) is 141 cm³/mol. The molecule has 1 aliphatic heterocycles. The number of nitriles is 1. The van der Waals surface area contributed by atoms with Crippen molar-refractivity contribution in [1.82, 2.24) is 20.1 Å². The van der Waals surface area contributed by atoms with Crippen LogP contribution in [0.2, 0.25) is 5.02 Å². The van der Waals surface area contributed by atoms with Crippen LogP contribution in [0.5, 0.6) is 0 Å². The molecule has 2 heterocycles. The van der Waals surface area contributed by atoms with E-state index in [4.69, 9.17) is 22.3 Å². The zero-order valence-corrected chi connectivity index (χ0v) is 21.9. The molecule has 38 heavy (non-hydrogen) atoms. The van der Waals surface area contributed by atoms with Crippen molar-refractivity contribution in [2.75, 3.05) is 26.7 Å². The number of carbonyl (C=O) groups is 2. The summed E-state index contributed by atoms with van der Waals surface area (Å²) in [4.78, 5) is 29.9. The molecule has 198 valence electrons. The number of halogens is 1. The number of aromatic amines is 1. The summed E-state index contributed by atoms with van der Waals surface area (Å²) in [6, 6.07) is 13.4. The van der Waals surface area contributed by atoms with Gasteiger partial charge in [0.25, 0.3) is 0 Å². The molecule has 4 N–H and O–H groups in total. The molecule has 1 fully saturated rings. The van der Waals surface area contributed by atoms with E-state index in [-0.39, 0.29) is 30.4 Å². The van der Waals surface area contributed by atoms with Crippen molar-refractivity contribution in [2.24, 2.45) is 0 Å². The van der Waals surface area contributed by atoms with Crippen LogP contribution in [-0.2, 0) is 19.4 Å². The van der Waals surface area contributed by atoms with Crippen LogP contribution in [0, 0.1) is 16.7 Å². The summed E-state index contributed by atoms with van der Waals surface area (Å²) in [7, 11) is -2.53. The van der Waals surface area contributed by atoms with E-state index < -0.39 is 33.1 Å². The van der Waals surface area contributed by atoms with Crippen molar-refractivity contribution in [3.63, 3.8) is 0 Å². The Bertz CT molecular complexity index is 1550. The quantitative estimate of drug-likeness (QED) is 0.242. The van der Waals surface area contributed by atoms with Crippen molar-refractivity contribution in [3.05, 3.63) is 64.7 Å². The molecule has 1 aromatic heterocycles. The molecule has 1 aliphatic rings. The van der Waals surface area contributed by atoms with Gasteiger partial charge < -0.3 is 20.3 Å². The number of sulfone groups is 1. The van der Waals surface area contributed by atoms with E-state index in [0.717, 1.165) is 0 Å². The summed E-state index contributed by atoms with van der Waals surface area (Å²) in [5.41, 5.74) is 1.36. The molecule has 1 amide bonds. The number of carboxylic acids is 1. The van der Waals surface area contributed by atoms with Gasteiger partial charge in [-0.1, -0.05) is 35.9 Å². The number of aromatic nitrogens is 1. The van der Waals surface area contributed by atoms with Gasteiger partial charge in [0.2, 0.25) is 15.7 Å². The van der Waals surface area contributed by atoms with Crippen LogP contribution in [0.15, 0.2) is 53.6 Å². The molecule has 2 aromatic carbocycles. The Morgan fingerprint density at radius 1 is 1.29 bits per heavy atom. The number of hydrogen-bond acceptors (Lipinski definition) is 7. The highest BCUT2D eigenvalue weighted by atomic mass is 35.5. The third-order valence-electron chi connectivity index (χ3n) is 6.30. The van der Waals surface area contributed by atoms with Gasteiger partial charge in [0.05, 0.1) is 19.0 Å². The van der Waals surface area contributed by atoms with Crippen LogP contribution in [0.1, 0.15) is 22.9 Å². The van der Waals surface area contributed by atoms with Crippen LogP contribution in [0.4, 0.5) is 0 Å². The van der Waals surface area contributed by atoms with E-state index in [2.05, 4.69) is 10.3 Å². The molecule has 1 unspecified atom stereocenters. The average molecular weight is 557 g/mol. The fourth-order valence-electron chi connectivity index (χ4n) is 4.38. The maximum atomic E-state index is 14.0. The van der Waals surface area contributed by atoms with E-state index in [9.17, 15) is 23.1 Å². The summed E-state index contributed by atoms with van der Waals surface area (Å²) < 4.78 is 28.1. The lowest BCUT2D eigenvalue weighted by Crippen LogP contribution is -2.58. The Labute approximate surface area is 224 Å². The predicted octanol–water partition coefficient (Wildman–Crippen LogP) is 2.35. The largest absolute Gasteiger partial charge is 0.480 e. The monoisotopic (exact) mass is 556 g/mol. The maximum absolute atomic E-state index is 14.0. The lowest BCUT2D eigenvalue weighted by Gasteiger charge is -2.36. The van der Waals surface area contributed by atoms with Gasteiger partial charge in [-0.05, 0) is 29.8 Å². The summed E-state index contributed by atoms with van der Waals surface area (Å²) in [5, 5.41) is 28.6. The van der Waals surface area contributed by atoms with E-state index in [0.29, 0.717) is 33.6 Å². The summed E-state index contributed by atoms with van der Waals surface area (Å²) in [5.74, 6) is -1.73. The third kappa shape index (κ3) is 5.50. The number of carboxylic acid groups (broad SMARTS) is 1. The van der Waals surface area contributed by atoms with Gasteiger partial charge in [0.15, 0.2) is 0 Å². The maximum Gasteiger partial charge on any atom is 0.327 e. The number of fused-ring (bicyclic) bond motifs is 1. The Morgan fingerprint density at radius 2 is 2.00 bits per heavy atom. The first-order valence-electron chi connectivity index (χ1n) is 11.6. The third-order valence-corrected chi connectivity index (χ3v) is 8.52. The van der Waals surface area contributed by atoms with Gasteiger partial charge in [-0.25, -0.2) is 13.2 Å². The average Bonchev–Trinajstić information content (AvgIpc) is 3.31. The smallest absolute Gasteiger partial charge is 0.327 e. The highest BCUT2D eigenvalue weighted by Crippen LogP contribution is 2.35. The first-order chi connectivity index (χ1) is 18.0.